The quantitative estimate of drug-likeness (QED) is 0.611. The minimum Gasteiger partial charge on any atom is -0.376 e. The fourth-order valence-corrected chi connectivity index (χ4v) is 4.23. The Kier molecular flexibility index (Phi) is 6.65. The van der Waals surface area contributed by atoms with Crippen LogP contribution in [0.5, 0.6) is 0 Å². The Bertz CT molecular complexity index is 769. The first-order chi connectivity index (χ1) is 14.0. The first-order valence-corrected chi connectivity index (χ1v) is 10.7. The average Bonchev–Trinajstić information content (AvgIpc) is 3.19. The predicted octanol–water partition coefficient (Wildman–Crippen LogP) is 3.91. The van der Waals surface area contributed by atoms with E-state index in [0.717, 1.165) is 11.1 Å². The smallest absolute Gasteiger partial charge is 0.190 e. The summed E-state index contributed by atoms with van der Waals surface area (Å²) < 4.78 is 30.5. The van der Waals surface area contributed by atoms with Crippen molar-refractivity contribution >= 4 is 9.24 Å². The number of benzene rings is 2. The molecule has 6 atom stereocenters. The van der Waals surface area contributed by atoms with Crippen molar-refractivity contribution < 1.29 is 23.7 Å². The summed E-state index contributed by atoms with van der Waals surface area (Å²) >= 11 is 0. The lowest BCUT2D eigenvalue weighted by Gasteiger charge is -2.29. The van der Waals surface area contributed by atoms with Crippen LogP contribution in [0.3, 0.4) is 0 Å². The van der Waals surface area contributed by atoms with Crippen LogP contribution in [0.4, 0.5) is 0 Å². The molecule has 5 nitrogen and oxygen atoms in total. The first-order valence-electron chi connectivity index (χ1n) is 10.1. The zero-order valence-electron chi connectivity index (χ0n) is 16.9. The van der Waals surface area contributed by atoms with E-state index in [0.29, 0.717) is 19.8 Å². The molecule has 6 heteroatoms. The lowest BCUT2D eigenvalue weighted by atomic mass is 10.1. The highest BCUT2D eigenvalue weighted by molar-refractivity contribution is 7.17. The molecule has 0 aromatic heterocycles. The molecule has 156 valence electrons. The predicted molar refractivity (Wildman–Crippen MR) is 113 cm³/mol. The van der Waals surface area contributed by atoms with Crippen LogP contribution in [0.1, 0.15) is 25.0 Å². The Morgan fingerprint density at radius 2 is 1.55 bits per heavy atom. The second-order valence-corrected chi connectivity index (χ2v) is 8.85. The molecule has 0 aliphatic carbocycles. The van der Waals surface area contributed by atoms with Crippen LogP contribution in [0.25, 0.3) is 0 Å². The van der Waals surface area contributed by atoms with Gasteiger partial charge in [0, 0.05) is 5.66 Å². The summed E-state index contributed by atoms with van der Waals surface area (Å²) in [6.45, 7) is 5.41. The van der Waals surface area contributed by atoms with E-state index in [2.05, 4.69) is 33.5 Å². The van der Waals surface area contributed by atoms with Gasteiger partial charge in [-0.1, -0.05) is 60.7 Å². The van der Waals surface area contributed by atoms with E-state index in [9.17, 15) is 0 Å². The van der Waals surface area contributed by atoms with Crippen molar-refractivity contribution in [3.63, 3.8) is 0 Å². The molecule has 2 aromatic rings. The monoisotopic (exact) mass is 416 g/mol. The molecule has 2 saturated heterocycles. The van der Waals surface area contributed by atoms with Crippen molar-refractivity contribution in [3.05, 3.63) is 71.8 Å². The highest BCUT2D eigenvalue weighted by Gasteiger charge is 2.56. The van der Waals surface area contributed by atoms with Crippen LogP contribution in [-0.2, 0) is 36.9 Å². The number of fused-ring (bicyclic) bond motifs is 1. The minimum atomic E-state index is -0.672. The standard InChI is InChI=1S/C23H29O5P/c1-23(2)27-21-20(25-14-17-11-7-4-8-12-17)19(26-22(21)28-23)18(29)15-24-13-16-9-5-3-6-10-16/h3-12,18-22H,13-15,29H2,1-2H3/t18-,19+,20+,21-,22-/m1/s1. The van der Waals surface area contributed by atoms with Crippen LogP contribution < -0.4 is 0 Å². The molecule has 29 heavy (non-hydrogen) atoms. The second-order valence-electron chi connectivity index (χ2n) is 8.00. The highest BCUT2D eigenvalue weighted by atomic mass is 31.0. The van der Waals surface area contributed by atoms with Crippen molar-refractivity contribution in [1.82, 2.24) is 0 Å². The third-order valence-corrected chi connectivity index (χ3v) is 5.73. The third kappa shape index (κ3) is 5.24. The first kappa shape index (κ1) is 20.9. The molecule has 2 aromatic carbocycles. The number of hydrogen-bond donors (Lipinski definition) is 0. The molecule has 0 N–H and O–H groups in total. The normalized spacial score (nSPS) is 28.9. The highest BCUT2D eigenvalue weighted by Crippen LogP contribution is 2.41. The Hall–Kier alpha value is -1.33. The number of rotatable bonds is 8. The summed E-state index contributed by atoms with van der Waals surface area (Å²) in [5.74, 6) is -0.672. The van der Waals surface area contributed by atoms with Crippen LogP contribution in [0, 0.1) is 0 Å². The van der Waals surface area contributed by atoms with Crippen molar-refractivity contribution in [2.75, 3.05) is 6.61 Å². The molecule has 0 saturated carbocycles. The molecule has 1 unspecified atom stereocenters. The van der Waals surface area contributed by atoms with E-state index in [1.54, 1.807) is 0 Å². The van der Waals surface area contributed by atoms with Crippen molar-refractivity contribution in [3.8, 4) is 0 Å². The lowest BCUT2D eigenvalue weighted by molar-refractivity contribution is -0.220. The molecule has 0 spiro atoms. The van der Waals surface area contributed by atoms with E-state index in [4.69, 9.17) is 23.7 Å². The Labute approximate surface area is 174 Å². The molecular weight excluding hydrogens is 387 g/mol. The molecule has 0 radical (unpaired) electrons. The Morgan fingerprint density at radius 1 is 0.931 bits per heavy atom. The van der Waals surface area contributed by atoms with E-state index in [-0.39, 0.29) is 24.0 Å². The Morgan fingerprint density at radius 3 is 2.21 bits per heavy atom. The maximum atomic E-state index is 6.30. The molecule has 2 aliphatic heterocycles. The summed E-state index contributed by atoms with van der Waals surface area (Å²) in [6, 6.07) is 20.3. The molecule has 0 bridgehead atoms. The average molecular weight is 416 g/mol. The third-order valence-electron chi connectivity index (χ3n) is 5.16. The van der Waals surface area contributed by atoms with E-state index in [1.807, 2.05) is 50.2 Å². The fraction of sp³-hybridized carbons (Fsp3) is 0.478. The molecule has 0 amide bonds. The van der Waals surface area contributed by atoms with E-state index >= 15 is 0 Å². The molecule has 2 aliphatic rings. The van der Waals surface area contributed by atoms with E-state index in [1.165, 1.54) is 0 Å². The fourth-order valence-electron chi connectivity index (χ4n) is 3.79. The van der Waals surface area contributed by atoms with Gasteiger partial charge in [-0.05, 0) is 25.0 Å². The van der Waals surface area contributed by atoms with Crippen molar-refractivity contribution in [2.24, 2.45) is 0 Å². The molecule has 4 rings (SSSR count). The maximum Gasteiger partial charge on any atom is 0.190 e. The van der Waals surface area contributed by atoms with Gasteiger partial charge in [0.1, 0.15) is 12.2 Å². The van der Waals surface area contributed by atoms with Gasteiger partial charge < -0.3 is 23.7 Å². The SMILES string of the molecule is CC1(C)O[C@H]2O[C@@H]([C@H](P)COCc3ccccc3)[C@H](OCc3ccccc3)[C@H]2O1. The maximum absolute atomic E-state index is 6.30. The van der Waals surface area contributed by atoms with Gasteiger partial charge in [-0.15, -0.1) is 9.24 Å². The van der Waals surface area contributed by atoms with Gasteiger partial charge in [0.05, 0.1) is 25.9 Å². The zero-order chi connectivity index (χ0) is 20.3. The second kappa shape index (κ2) is 9.22. The summed E-state index contributed by atoms with van der Waals surface area (Å²) in [4.78, 5) is 0. The molecule has 2 fully saturated rings. The van der Waals surface area contributed by atoms with E-state index < -0.39 is 12.1 Å². The van der Waals surface area contributed by atoms with Gasteiger partial charge in [0.25, 0.3) is 0 Å². The summed E-state index contributed by atoms with van der Waals surface area (Å²) in [7, 11) is 2.84. The van der Waals surface area contributed by atoms with Crippen molar-refractivity contribution in [2.45, 2.75) is 63.1 Å². The van der Waals surface area contributed by atoms with Gasteiger partial charge in [0.15, 0.2) is 12.1 Å². The lowest BCUT2D eigenvalue weighted by Crippen LogP contribution is -2.42. The van der Waals surface area contributed by atoms with Crippen molar-refractivity contribution in [1.29, 1.82) is 0 Å². The van der Waals surface area contributed by atoms with Gasteiger partial charge in [0.2, 0.25) is 0 Å². The summed E-state index contributed by atoms with van der Waals surface area (Å²) in [5.41, 5.74) is 2.33. The topological polar surface area (TPSA) is 46.2 Å². The van der Waals surface area contributed by atoms with Crippen LogP contribution >= 0.6 is 9.24 Å². The Balaban J connectivity index is 1.38. The number of hydrogen-bond acceptors (Lipinski definition) is 5. The minimum absolute atomic E-state index is 0.0559. The van der Waals surface area contributed by atoms with Gasteiger partial charge in [-0.25, -0.2) is 0 Å². The molecule has 2 heterocycles. The van der Waals surface area contributed by atoms with Gasteiger partial charge in [-0.3, -0.25) is 0 Å². The zero-order valence-corrected chi connectivity index (χ0v) is 18.1. The van der Waals surface area contributed by atoms with Crippen LogP contribution in [0.2, 0.25) is 0 Å². The summed E-state index contributed by atoms with van der Waals surface area (Å²) in [6.07, 6.45) is -1.10. The van der Waals surface area contributed by atoms with Crippen LogP contribution in [0.15, 0.2) is 60.7 Å². The van der Waals surface area contributed by atoms with Crippen LogP contribution in [-0.4, -0.2) is 42.7 Å². The summed E-state index contributed by atoms with van der Waals surface area (Å²) in [5, 5.41) is 0. The number of ether oxygens (including phenoxy) is 5. The van der Waals surface area contributed by atoms with Gasteiger partial charge in [-0.2, -0.15) is 0 Å². The largest absolute Gasteiger partial charge is 0.376 e. The van der Waals surface area contributed by atoms with Gasteiger partial charge >= 0.3 is 0 Å². The molecular formula is C23H29O5P.